The van der Waals surface area contributed by atoms with Gasteiger partial charge in [-0.15, -0.1) is 0 Å². The molecule has 1 aromatic heterocycles. The standard InChI is InChI=1S/C23H19ClN2O5/c1-30-17-10-8-16(9-11-17)26-21(27)13-19(22(26)28)25(23(29)20-7-4-12-31-20)14-15-5-2-3-6-18(15)24/h2-12,19H,13-14H2,1H3. The van der Waals surface area contributed by atoms with Crippen molar-refractivity contribution in [3.8, 4) is 5.75 Å². The highest BCUT2D eigenvalue weighted by molar-refractivity contribution is 6.31. The number of imide groups is 1. The van der Waals surface area contributed by atoms with E-state index in [0.717, 1.165) is 4.90 Å². The Hall–Kier alpha value is -3.58. The van der Waals surface area contributed by atoms with Gasteiger partial charge in [0.15, 0.2) is 5.76 Å². The van der Waals surface area contributed by atoms with Crippen LogP contribution >= 0.6 is 11.6 Å². The number of methoxy groups -OCH3 is 1. The zero-order chi connectivity index (χ0) is 22.0. The third-order valence-corrected chi connectivity index (χ3v) is 5.49. The molecule has 1 fully saturated rings. The average Bonchev–Trinajstić information content (AvgIpc) is 3.41. The maximum atomic E-state index is 13.3. The lowest BCUT2D eigenvalue weighted by Crippen LogP contribution is -2.45. The van der Waals surface area contributed by atoms with Gasteiger partial charge in [0.05, 0.1) is 25.5 Å². The van der Waals surface area contributed by atoms with Gasteiger partial charge in [0.1, 0.15) is 11.8 Å². The Morgan fingerprint density at radius 2 is 1.87 bits per heavy atom. The summed E-state index contributed by atoms with van der Waals surface area (Å²) in [6.45, 7) is 0.0549. The van der Waals surface area contributed by atoms with E-state index in [9.17, 15) is 14.4 Å². The van der Waals surface area contributed by atoms with E-state index in [1.807, 2.05) is 0 Å². The number of amides is 3. The van der Waals surface area contributed by atoms with E-state index in [0.29, 0.717) is 22.0 Å². The maximum absolute atomic E-state index is 13.3. The highest BCUT2D eigenvalue weighted by Crippen LogP contribution is 2.30. The summed E-state index contributed by atoms with van der Waals surface area (Å²) in [5, 5.41) is 0.462. The number of hydrogen-bond donors (Lipinski definition) is 0. The molecule has 0 spiro atoms. The van der Waals surface area contributed by atoms with Crippen molar-refractivity contribution in [2.75, 3.05) is 12.0 Å². The SMILES string of the molecule is COc1ccc(N2C(=O)CC(N(Cc3ccccc3Cl)C(=O)c3ccco3)C2=O)cc1. The molecule has 7 nitrogen and oxygen atoms in total. The van der Waals surface area contributed by atoms with E-state index < -0.39 is 23.8 Å². The Morgan fingerprint density at radius 3 is 2.52 bits per heavy atom. The van der Waals surface area contributed by atoms with E-state index in [1.54, 1.807) is 54.6 Å². The average molecular weight is 439 g/mol. The van der Waals surface area contributed by atoms with Crippen molar-refractivity contribution in [2.24, 2.45) is 0 Å². The molecule has 158 valence electrons. The van der Waals surface area contributed by atoms with Gasteiger partial charge in [0.25, 0.3) is 11.8 Å². The summed E-state index contributed by atoms with van der Waals surface area (Å²) in [7, 11) is 1.53. The number of halogens is 1. The van der Waals surface area contributed by atoms with E-state index in [-0.39, 0.29) is 18.7 Å². The van der Waals surface area contributed by atoms with Gasteiger partial charge >= 0.3 is 0 Å². The second-order valence-corrected chi connectivity index (χ2v) is 7.39. The van der Waals surface area contributed by atoms with Crippen molar-refractivity contribution < 1.29 is 23.5 Å². The van der Waals surface area contributed by atoms with Gasteiger partial charge in [-0.1, -0.05) is 29.8 Å². The molecule has 3 aromatic rings. The maximum Gasteiger partial charge on any atom is 0.290 e. The predicted molar refractivity (Wildman–Crippen MR) is 114 cm³/mol. The van der Waals surface area contributed by atoms with Crippen molar-refractivity contribution in [1.29, 1.82) is 0 Å². The molecule has 0 N–H and O–H groups in total. The molecule has 0 aliphatic carbocycles. The lowest BCUT2D eigenvalue weighted by Gasteiger charge is -2.27. The van der Waals surface area contributed by atoms with Crippen LogP contribution in [0.15, 0.2) is 71.3 Å². The summed E-state index contributed by atoms with van der Waals surface area (Å²) < 4.78 is 10.4. The third-order valence-electron chi connectivity index (χ3n) is 5.12. The number of nitrogens with zero attached hydrogens (tertiary/aromatic N) is 2. The molecule has 8 heteroatoms. The van der Waals surface area contributed by atoms with Crippen LogP contribution in [-0.2, 0) is 16.1 Å². The van der Waals surface area contributed by atoms with Gasteiger partial charge in [-0.3, -0.25) is 14.4 Å². The molecule has 0 bridgehead atoms. The fourth-order valence-electron chi connectivity index (χ4n) is 3.54. The molecule has 1 saturated heterocycles. The molecule has 1 unspecified atom stereocenters. The highest BCUT2D eigenvalue weighted by atomic mass is 35.5. The van der Waals surface area contributed by atoms with E-state index in [1.165, 1.54) is 24.3 Å². The summed E-state index contributed by atoms with van der Waals surface area (Å²) >= 11 is 6.29. The van der Waals surface area contributed by atoms with Crippen LogP contribution in [0.3, 0.4) is 0 Å². The van der Waals surface area contributed by atoms with E-state index in [4.69, 9.17) is 20.8 Å². The summed E-state index contributed by atoms with van der Waals surface area (Å²) in [4.78, 5) is 41.7. The van der Waals surface area contributed by atoms with E-state index in [2.05, 4.69) is 0 Å². The minimum absolute atomic E-state index is 0.0549. The number of benzene rings is 2. The smallest absolute Gasteiger partial charge is 0.290 e. The largest absolute Gasteiger partial charge is 0.497 e. The van der Waals surface area contributed by atoms with Gasteiger partial charge in [-0.25, -0.2) is 4.90 Å². The Morgan fingerprint density at radius 1 is 1.13 bits per heavy atom. The van der Waals surface area contributed by atoms with Crippen LogP contribution in [-0.4, -0.2) is 35.8 Å². The second kappa shape index (κ2) is 8.65. The molecular weight excluding hydrogens is 420 g/mol. The molecule has 0 radical (unpaired) electrons. The number of rotatable bonds is 6. The molecule has 1 atom stereocenters. The minimum Gasteiger partial charge on any atom is -0.497 e. The first-order valence-electron chi connectivity index (χ1n) is 9.58. The number of ether oxygens (including phenoxy) is 1. The van der Waals surface area contributed by atoms with Crippen LogP contribution in [0.2, 0.25) is 5.02 Å². The molecule has 2 heterocycles. The van der Waals surface area contributed by atoms with Crippen LogP contribution in [0.25, 0.3) is 0 Å². The molecule has 1 aliphatic rings. The Bertz CT molecular complexity index is 1110. The topological polar surface area (TPSA) is 80.1 Å². The first kappa shape index (κ1) is 20.7. The van der Waals surface area contributed by atoms with Gasteiger partial charge in [-0.05, 0) is 48.0 Å². The van der Waals surface area contributed by atoms with Crippen LogP contribution in [0.4, 0.5) is 5.69 Å². The van der Waals surface area contributed by atoms with Gasteiger partial charge in [0, 0.05) is 11.6 Å². The summed E-state index contributed by atoms with van der Waals surface area (Å²) in [5.74, 6) is -0.686. The minimum atomic E-state index is -0.983. The van der Waals surface area contributed by atoms with Crippen LogP contribution in [0.1, 0.15) is 22.5 Å². The first-order chi connectivity index (χ1) is 15.0. The van der Waals surface area contributed by atoms with Gasteiger partial charge < -0.3 is 14.1 Å². The van der Waals surface area contributed by atoms with Crippen LogP contribution < -0.4 is 9.64 Å². The lowest BCUT2D eigenvalue weighted by molar-refractivity contribution is -0.122. The first-order valence-corrected chi connectivity index (χ1v) is 9.96. The van der Waals surface area contributed by atoms with Crippen molar-refractivity contribution in [3.63, 3.8) is 0 Å². The summed E-state index contributed by atoms with van der Waals surface area (Å²) in [6, 6.07) is 15.8. The molecule has 3 amide bonds. The van der Waals surface area contributed by atoms with Crippen molar-refractivity contribution >= 4 is 35.0 Å². The molecule has 2 aromatic carbocycles. The third kappa shape index (κ3) is 4.04. The molecule has 0 saturated carbocycles. The normalized spacial score (nSPS) is 15.9. The molecule has 1 aliphatic heterocycles. The Balaban J connectivity index is 1.67. The number of furan rings is 1. The highest BCUT2D eigenvalue weighted by Gasteiger charge is 2.45. The van der Waals surface area contributed by atoms with Gasteiger partial charge in [-0.2, -0.15) is 0 Å². The predicted octanol–water partition coefficient (Wildman–Crippen LogP) is 3.92. The number of anilines is 1. The molecule has 4 rings (SSSR count). The monoisotopic (exact) mass is 438 g/mol. The van der Waals surface area contributed by atoms with Gasteiger partial charge in [0.2, 0.25) is 5.91 Å². The van der Waals surface area contributed by atoms with Crippen molar-refractivity contribution in [3.05, 3.63) is 83.3 Å². The van der Waals surface area contributed by atoms with Crippen LogP contribution in [0.5, 0.6) is 5.75 Å². The number of carbonyl (C=O) groups is 3. The molecular formula is C23H19ClN2O5. The van der Waals surface area contributed by atoms with Crippen LogP contribution in [0, 0.1) is 0 Å². The second-order valence-electron chi connectivity index (χ2n) is 6.99. The lowest BCUT2D eigenvalue weighted by atomic mass is 10.1. The Kier molecular flexibility index (Phi) is 5.77. The van der Waals surface area contributed by atoms with E-state index >= 15 is 0 Å². The number of carbonyl (C=O) groups excluding carboxylic acids is 3. The number of hydrogen-bond acceptors (Lipinski definition) is 5. The van der Waals surface area contributed by atoms with Crippen molar-refractivity contribution in [1.82, 2.24) is 4.90 Å². The fourth-order valence-corrected chi connectivity index (χ4v) is 3.73. The molecule has 31 heavy (non-hydrogen) atoms. The zero-order valence-electron chi connectivity index (χ0n) is 16.7. The summed E-state index contributed by atoms with van der Waals surface area (Å²) in [5.41, 5.74) is 1.08. The fraction of sp³-hybridized carbons (Fsp3) is 0.174. The Labute approximate surface area is 183 Å². The van der Waals surface area contributed by atoms with Crippen molar-refractivity contribution in [2.45, 2.75) is 19.0 Å². The zero-order valence-corrected chi connectivity index (χ0v) is 17.4. The quantitative estimate of drug-likeness (QED) is 0.545. The summed E-state index contributed by atoms with van der Waals surface area (Å²) in [6.07, 6.45) is 1.24.